The van der Waals surface area contributed by atoms with Crippen LogP contribution in [0.3, 0.4) is 0 Å². The Bertz CT molecular complexity index is 1640. The van der Waals surface area contributed by atoms with E-state index in [2.05, 4.69) is 4.72 Å². The van der Waals surface area contributed by atoms with Crippen LogP contribution in [0.5, 0.6) is 0 Å². The van der Waals surface area contributed by atoms with E-state index in [4.69, 9.17) is 10.00 Å². The molecule has 3 aromatic carbocycles. The van der Waals surface area contributed by atoms with Gasteiger partial charge >= 0.3 is 5.97 Å². The number of benzene rings is 3. The first-order valence-electron chi connectivity index (χ1n) is 13.6. The van der Waals surface area contributed by atoms with Crippen LogP contribution in [0.4, 0.5) is 5.69 Å². The summed E-state index contributed by atoms with van der Waals surface area (Å²) in [6.07, 6.45) is 1.60. The van der Waals surface area contributed by atoms with E-state index in [0.717, 1.165) is 18.4 Å². The largest absolute Gasteiger partial charge is 0.504 e. The number of nitrogens with one attached hydrogen (secondary N) is 1. The predicted octanol–water partition coefficient (Wildman–Crippen LogP) is 5.43. The van der Waals surface area contributed by atoms with Crippen molar-refractivity contribution in [3.8, 4) is 6.07 Å². The Labute approximate surface area is 239 Å². The lowest BCUT2D eigenvalue weighted by Crippen LogP contribution is -2.42. The van der Waals surface area contributed by atoms with Crippen LogP contribution >= 0.6 is 0 Å². The molecular formula is C32H30N2O6S. The monoisotopic (exact) mass is 570 g/mol. The van der Waals surface area contributed by atoms with Crippen LogP contribution in [-0.4, -0.2) is 31.4 Å². The van der Waals surface area contributed by atoms with Crippen molar-refractivity contribution in [2.24, 2.45) is 11.8 Å². The number of hydrogen-bond donors (Lipinski definition) is 2. The lowest BCUT2D eigenvalue weighted by Gasteiger charge is -2.31. The van der Waals surface area contributed by atoms with Gasteiger partial charge in [-0.05, 0) is 79.1 Å². The highest BCUT2D eigenvalue weighted by Gasteiger charge is 2.47. The number of nitrogens with zero attached hydrogens (tertiary/aromatic N) is 1. The summed E-state index contributed by atoms with van der Waals surface area (Å²) in [5, 5.41) is 20.1. The number of nitriles is 1. The number of ketones is 1. The molecule has 1 fully saturated rings. The third-order valence-corrected chi connectivity index (χ3v) is 9.09. The lowest BCUT2D eigenvalue weighted by molar-refractivity contribution is -0.158. The zero-order valence-electron chi connectivity index (χ0n) is 22.5. The molecule has 2 aliphatic rings. The van der Waals surface area contributed by atoms with Crippen LogP contribution in [-0.2, 0) is 30.8 Å². The highest BCUT2D eigenvalue weighted by molar-refractivity contribution is 7.92. The summed E-state index contributed by atoms with van der Waals surface area (Å²) < 4.78 is 34.2. The summed E-state index contributed by atoms with van der Waals surface area (Å²) in [7, 11) is -3.95. The Morgan fingerprint density at radius 1 is 1.02 bits per heavy atom. The van der Waals surface area contributed by atoms with Gasteiger partial charge in [0, 0.05) is 17.5 Å². The van der Waals surface area contributed by atoms with Crippen LogP contribution in [0.15, 0.2) is 95.1 Å². The fourth-order valence-corrected chi connectivity index (χ4v) is 6.44. The summed E-state index contributed by atoms with van der Waals surface area (Å²) in [6, 6.07) is 23.7. The summed E-state index contributed by atoms with van der Waals surface area (Å²) in [4.78, 5) is 26.8. The van der Waals surface area contributed by atoms with Crippen molar-refractivity contribution in [2.45, 2.75) is 49.5 Å². The lowest BCUT2D eigenvalue weighted by atomic mass is 9.81. The summed E-state index contributed by atoms with van der Waals surface area (Å²) in [5.41, 5.74) is 2.13. The maximum absolute atomic E-state index is 13.4. The minimum atomic E-state index is -3.95. The molecule has 0 amide bonds. The number of cyclic esters (lactones) is 1. The van der Waals surface area contributed by atoms with Crippen molar-refractivity contribution < 1.29 is 27.9 Å². The summed E-state index contributed by atoms with van der Waals surface area (Å²) in [6.45, 7) is 1.92. The minimum Gasteiger partial charge on any atom is -0.504 e. The molecule has 1 saturated carbocycles. The van der Waals surface area contributed by atoms with E-state index < -0.39 is 39.6 Å². The van der Waals surface area contributed by atoms with Crippen molar-refractivity contribution in [1.82, 2.24) is 0 Å². The van der Waals surface area contributed by atoms with Crippen LogP contribution in [0, 0.1) is 23.2 Å². The molecule has 0 saturated heterocycles. The van der Waals surface area contributed by atoms with Gasteiger partial charge in [-0.1, -0.05) is 49.4 Å². The van der Waals surface area contributed by atoms with E-state index in [1.807, 2.05) is 43.3 Å². The maximum atomic E-state index is 13.4. The molecule has 0 spiro atoms. The molecule has 8 nitrogen and oxygen atoms in total. The van der Waals surface area contributed by atoms with Gasteiger partial charge in [-0.2, -0.15) is 5.26 Å². The number of Topliss-reactive ketones (excluding diaryl/α,β-unsaturated/α-hetero) is 1. The van der Waals surface area contributed by atoms with E-state index in [-0.39, 0.29) is 28.0 Å². The number of carbonyl (C=O) groups is 2. The molecule has 3 unspecified atom stereocenters. The van der Waals surface area contributed by atoms with Crippen molar-refractivity contribution >= 4 is 27.5 Å². The number of aliphatic hydroxyl groups excluding tert-OH is 1. The number of ether oxygens (including phenoxy) is 1. The summed E-state index contributed by atoms with van der Waals surface area (Å²) in [5.74, 6) is -2.82. The Balaban J connectivity index is 1.42. The first-order chi connectivity index (χ1) is 19.7. The maximum Gasteiger partial charge on any atom is 0.339 e. The number of rotatable bonds is 10. The van der Waals surface area contributed by atoms with Crippen molar-refractivity contribution in [2.75, 3.05) is 4.72 Å². The van der Waals surface area contributed by atoms with Crippen molar-refractivity contribution in [3.63, 3.8) is 0 Å². The molecule has 9 heteroatoms. The first-order valence-corrected chi connectivity index (χ1v) is 15.0. The van der Waals surface area contributed by atoms with Crippen molar-refractivity contribution in [3.05, 3.63) is 107 Å². The highest BCUT2D eigenvalue weighted by atomic mass is 32.2. The molecule has 0 bridgehead atoms. The van der Waals surface area contributed by atoms with E-state index >= 15 is 0 Å². The van der Waals surface area contributed by atoms with Gasteiger partial charge < -0.3 is 9.84 Å². The molecule has 0 aromatic heterocycles. The Morgan fingerprint density at radius 2 is 1.73 bits per heavy atom. The van der Waals surface area contributed by atoms with Crippen LogP contribution in [0.1, 0.15) is 48.8 Å². The Morgan fingerprint density at radius 3 is 2.37 bits per heavy atom. The number of anilines is 1. The van der Waals surface area contributed by atoms with Gasteiger partial charge in [0.05, 0.1) is 22.1 Å². The fraction of sp³-hybridized carbons (Fsp3) is 0.281. The number of aliphatic hydroxyl groups is 1. The van der Waals surface area contributed by atoms with E-state index in [0.29, 0.717) is 24.0 Å². The second kappa shape index (κ2) is 11.6. The normalized spacial score (nSPS) is 18.8. The number of hydrogen-bond acceptors (Lipinski definition) is 7. The second-order valence-corrected chi connectivity index (χ2v) is 12.2. The van der Waals surface area contributed by atoms with E-state index in [9.17, 15) is 23.1 Å². The SMILES string of the molecule is CCC(Cc1ccccc1)C1OC(=O)C(C(c2cccc(NS(=O)(=O)c3ccc(C#N)cc3)c2)C2CC2)=C(O)C1=O. The van der Waals surface area contributed by atoms with Crippen molar-refractivity contribution in [1.29, 1.82) is 5.26 Å². The Hall–Kier alpha value is -4.42. The average Bonchev–Trinajstić information content (AvgIpc) is 3.82. The van der Waals surface area contributed by atoms with Gasteiger partial charge in [0.15, 0.2) is 11.9 Å². The minimum absolute atomic E-state index is 0.000670. The van der Waals surface area contributed by atoms with Gasteiger partial charge in [0.25, 0.3) is 10.0 Å². The van der Waals surface area contributed by atoms with Crippen LogP contribution in [0.25, 0.3) is 0 Å². The molecule has 1 aliphatic heterocycles. The molecule has 3 aromatic rings. The van der Waals surface area contributed by atoms with Crippen LogP contribution in [0.2, 0.25) is 0 Å². The van der Waals surface area contributed by atoms with Gasteiger partial charge in [0.2, 0.25) is 5.78 Å². The second-order valence-electron chi connectivity index (χ2n) is 10.5. The highest BCUT2D eigenvalue weighted by Crippen LogP contribution is 2.49. The van der Waals surface area contributed by atoms with Crippen LogP contribution < -0.4 is 4.72 Å². The quantitative estimate of drug-likeness (QED) is 0.311. The third kappa shape index (κ3) is 6.03. The molecule has 41 heavy (non-hydrogen) atoms. The molecular weight excluding hydrogens is 540 g/mol. The Kier molecular flexibility index (Phi) is 7.95. The van der Waals surface area contributed by atoms with Gasteiger partial charge in [-0.3, -0.25) is 9.52 Å². The molecule has 210 valence electrons. The smallest absolute Gasteiger partial charge is 0.339 e. The van der Waals surface area contributed by atoms with E-state index in [1.54, 1.807) is 24.3 Å². The molecule has 3 atom stereocenters. The topological polar surface area (TPSA) is 134 Å². The average molecular weight is 571 g/mol. The number of sulfonamides is 1. The van der Waals surface area contributed by atoms with Gasteiger partial charge in [-0.15, -0.1) is 0 Å². The third-order valence-electron chi connectivity index (χ3n) is 7.69. The van der Waals surface area contributed by atoms with Gasteiger partial charge in [0.1, 0.15) is 0 Å². The van der Waals surface area contributed by atoms with Gasteiger partial charge in [-0.25, -0.2) is 13.2 Å². The fourth-order valence-electron chi connectivity index (χ4n) is 5.39. The molecule has 2 N–H and O–H groups in total. The molecule has 1 aliphatic carbocycles. The number of esters is 1. The zero-order valence-corrected chi connectivity index (χ0v) is 23.3. The number of carbonyl (C=O) groups excluding carboxylic acids is 2. The molecule has 1 heterocycles. The standard InChI is InChI=1S/C32H30N2O6S/c1-2-22(17-20-7-4-3-5-8-20)31-30(36)29(35)28(32(37)40-31)27(23-13-14-23)24-9-6-10-25(18-24)34-41(38,39)26-15-11-21(19-33)12-16-26/h3-12,15-16,18,22-23,27,31,34-35H,2,13-14,17H2,1H3. The summed E-state index contributed by atoms with van der Waals surface area (Å²) >= 11 is 0. The molecule has 5 rings (SSSR count). The molecule has 0 radical (unpaired) electrons. The predicted molar refractivity (Wildman–Crippen MR) is 152 cm³/mol. The zero-order chi connectivity index (χ0) is 29.1. The first kappa shape index (κ1) is 28.1. The van der Waals surface area contributed by atoms with E-state index in [1.165, 1.54) is 24.3 Å².